The van der Waals surface area contributed by atoms with Gasteiger partial charge in [-0.3, -0.25) is 19.3 Å². The minimum absolute atomic E-state index is 0.0351. The first kappa shape index (κ1) is 20.8. The first-order valence-corrected chi connectivity index (χ1v) is 10.7. The Balaban J connectivity index is 1.42. The van der Waals surface area contributed by atoms with Crippen molar-refractivity contribution in [2.45, 2.75) is 38.1 Å². The van der Waals surface area contributed by atoms with Gasteiger partial charge in [-0.2, -0.15) is 0 Å². The standard InChI is InChI=1S/C22H29FN4O3/c23-17-3-1-15(2-4-17)18-13-16(20(24)29)5-10-27(18)14-19(28)26-11-7-22(8-12-26)6-9-25-21(22)30/h1-4,16,18H,5-14H2,(H2,24,29)(H,25,30). The number of amides is 3. The molecule has 7 nitrogen and oxygen atoms in total. The summed E-state index contributed by atoms with van der Waals surface area (Å²) < 4.78 is 13.4. The molecule has 3 heterocycles. The van der Waals surface area contributed by atoms with Gasteiger partial charge in [-0.1, -0.05) is 12.1 Å². The van der Waals surface area contributed by atoms with E-state index in [2.05, 4.69) is 10.2 Å². The maximum Gasteiger partial charge on any atom is 0.236 e. The Hall–Kier alpha value is -2.48. The van der Waals surface area contributed by atoms with Crippen molar-refractivity contribution in [1.82, 2.24) is 15.1 Å². The number of piperidine rings is 2. The lowest BCUT2D eigenvalue weighted by atomic mass is 9.77. The molecule has 8 heteroatoms. The minimum atomic E-state index is -0.329. The van der Waals surface area contributed by atoms with E-state index in [0.29, 0.717) is 45.3 Å². The van der Waals surface area contributed by atoms with Crippen molar-refractivity contribution >= 4 is 17.7 Å². The van der Waals surface area contributed by atoms with Crippen LogP contribution < -0.4 is 11.1 Å². The predicted octanol–water partition coefficient (Wildman–Crippen LogP) is 1.19. The molecule has 3 saturated heterocycles. The zero-order chi connectivity index (χ0) is 21.3. The van der Waals surface area contributed by atoms with Crippen LogP contribution in [0.3, 0.4) is 0 Å². The normalized spacial score (nSPS) is 26.6. The van der Waals surface area contributed by atoms with E-state index in [1.807, 2.05) is 4.90 Å². The molecule has 3 amide bonds. The van der Waals surface area contributed by atoms with E-state index in [1.165, 1.54) is 12.1 Å². The monoisotopic (exact) mass is 416 g/mol. The molecule has 2 atom stereocenters. The third-order valence-corrected chi connectivity index (χ3v) is 7.15. The summed E-state index contributed by atoms with van der Waals surface area (Å²) in [6.45, 7) is 2.73. The highest BCUT2D eigenvalue weighted by Gasteiger charge is 2.45. The fourth-order valence-electron chi connectivity index (χ4n) is 5.14. The molecule has 1 aromatic carbocycles. The summed E-state index contributed by atoms with van der Waals surface area (Å²) in [7, 11) is 0. The molecule has 3 aliphatic heterocycles. The van der Waals surface area contributed by atoms with Gasteiger partial charge in [0.2, 0.25) is 17.7 Å². The van der Waals surface area contributed by atoms with Crippen LogP contribution in [-0.4, -0.2) is 60.2 Å². The lowest BCUT2D eigenvalue weighted by Gasteiger charge is -2.41. The van der Waals surface area contributed by atoms with Crippen LogP contribution in [0, 0.1) is 17.2 Å². The quantitative estimate of drug-likeness (QED) is 0.771. The number of hydrogen-bond donors (Lipinski definition) is 2. The summed E-state index contributed by atoms with van der Waals surface area (Å²) in [5.41, 5.74) is 6.12. The van der Waals surface area contributed by atoms with Gasteiger partial charge in [0.15, 0.2) is 0 Å². The molecule has 3 aliphatic rings. The first-order valence-electron chi connectivity index (χ1n) is 10.7. The number of benzene rings is 1. The van der Waals surface area contributed by atoms with E-state index in [9.17, 15) is 18.8 Å². The average Bonchev–Trinajstić information content (AvgIpc) is 3.09. The number of carbonyl (C=O) groups is 3. The van der Waals surface area contributed by atoms with Crippen molar-refractivity contribution in [1.29, 1.82) is 0 Å². The number of likely N-dealkylation sites (tertiary alicyclic amines) is 2. The topological polar surface area (TPSA) is 95.7 Å². The lowest BCUT2D eigenvalue weighted by Crippen LogP contribution is -2.50. The number of halogens is 1. The largest absolute Gasteiger partial charge is 0.369 e. The molecule has 30 heavy (non-hydrogen) atoms. The second-order valence-electron chi connectivity index (χ2n) is 8.83. The lowest BCUT2D eigenvalue weighted by molar-refractivity contribution is -0.140. The van der Waals surface area contributed by atoms with Crippen LogP contribution in [0.2, 0.25) is 0 Å². The highest BCUT2D eigenvalue weighted by Crippen LogP contribution is 2.38. The van der Waals surface area contributed by atoms with E-state index in [4.69, 9.17) is 5.73 Å². The molecule has 0 aromatic heterocycles. The maximum absolute atomic E-state index is 13.4. The Morgan fingerprint density at radius 2 is 1.83 bits per heavy atom. The molecule has 2 unspecified atom stereocenters. The van der Waals surface area contributed by atoms with Crippen LogP contribution in [0.1, 0.15) is 43.7 Å². The van der Waals surface area contributed by atoms with Gasteiger partial charge in [-0.05, 0) is 49.8 Å². The number of nitrogens with zero attached hydrogens (tertiary/aromatic N) is 2. The van der Waals surface area contributed by atoms with E-state index >= 15 is 0 Å². The predicted molar refractivity (Wildman–Crippen MR) is 109 cm³/mol. The van der Waals surface area contributed by atoms with Crippen LogP contribution >= 0.6 is 0 Å². The van der Waals surface area contributed by atoms with Gasteiger partial charge in [0.1, 0.15) is 5.82 Å². The summed E-state index contributed by atoms with van der Waals surface area (Å²) in [5, 5.41) is 2.92. The fourth-order valence-corrected chi connectivity index (χ4v) is 5.14. The molecule has 3 fully saturated rings. The van der Waals surface area contributed by atoms with Crippen molar-refractivity contribution in [2.24, 2.45) is 17.1 Å². The zero-order valence-corrected chi connectivity index (χ0v) is 17.1. The van der Waals surface area contributed by atoms with Crippen LogP contribution in [0.5, 0.6) is 0 Å². The van der Waals surface area contributed by atoms with Crippen LogP contribution in [0.4, 0.5) is 4.39 Å². The summed E-state index contributed by atoms with van der Waals surface area (Å²) in [6, 6.07) is 6.08. The molecule has 0 bridgehead atoms. The van der Waals surface area contributed by atoms with Crippen molar-refractivity contribution < 1.29 is 18.8 Å². The summed E-state index contributed by atoms with van der Waals surface area (Å²) in [6.07, 6.45) is 3.40. The van der Waals surface area contributed by atoms with Crippen molar-refractivity contribution in [3.05, 3.63) is 35.6 Å². The zero-order valence-electron chi connectivity index (χ0n) is 17.1. The second-order valence-corrected chi connectivity index (χ2v) is 8.83. The van der Waals surface area contributed by atoms with E-state index in [0.717, 1.165) is 18.5 Å². The second kappa shape index (κ2) is 8.34. The summed E-state index contributed by atoms with van der Waals surface area (Å²) in [4.78, 5) is 40.9. The van der Waals surface area contributed by atoms with Gasteiger partial charge in [-0.25, -0.2) is 4.39 Å². The molecule has 3 N–H and O–H groups in total. The molecule has 1 aromatic rings. The van der Waals surface area contributed by atoms with Gasteiger partial charge in [-0.15, -0.1) is 0 Å². The highest BCUT2D eigenvalue weighted by atomic mass is 19.1. The van der Waals surface area contributed by atoms with Crippen molar-refractivity contribution in [3.63, 3.8) is 0 Å². The van der Waals surface area contributed by atoms with Gasteiger partial charge in [0, 0.05) is 38.1 Å². The third-order valence-electron chi connectivity index (χ3n) is 7.15. The van der Waals surface area contributed by atoms with Crippen LogP contribution in [-0.2, 0) is 14.4 Å². The number of rotatable bonds is 4. The molecule has 4 rings (SSSR count). The maximum atomic E-state index is 13.4. The molecule has 0 saturated carbocycles. The molecule has 0 aliphatic carbocycles. The Labute approximate surface area is 175 Å². The van der Waals surface area contributed by atoms with E-state index < -0.39 is 0 Å². The van der Waals surface area contributed by atoms with E-state index in [1.54, 1.807) is 12.1 Å². The van der Waals surface area contributed by atoms with Gasteiger partial charge in [0.25, 0.3) is 0 Å². The third kappa shape index (κ3) is 4.05. The molecule has 0 radical (unpaired) electrons. The molecule has 162 valence electrons. The number of carbonyl (C=O) groups excluding carboxylic acids is 3. The van der Waals surface area contributed by atoms with E-state index in [-0.39, 0.29) is 47.5 Å². The van der Waals surface area contributed by atoms with Gasteiger partial charge >= 0.3 is 0 Å². The molecule has 1 spiro atoms. The number of nitrogens with two attached hydrogens (primary N) is 1. The first-order chi connectivity index (χ1) is 14.4. The number of hydrogen-bond acceptors (Lipinski definition) is 4. The van der Waals surface area contributed by atoms with Crippen molar-refractivity contribution in [2.75, 3.05) is 32.7 Å². The fraction of sp³-hybridized carbons (Fsp3) is 0.591. The summed E-state index contributed by atoms with van der Waals surface area (Å²) in [5.74, 6) is -0.736. The minimum Gasteiger partial charge on any atom is -0.369 e. The Bertz CT molecular complexity index is 820. The number of nitrogens with one attached hydrogen (secondary N) is 1. The SMILES string of the molecule is NC(=O)C1CCN(CC(=O)N2CCC3(CCNC3=O)CC2)C(c2ccc(F)cc2)C1. The van der Waals surface area contributed by atoms with Gasteiger partial charge in [0.05, 0.1) is 12.0 Å². The number of primary amides is 1. The molecular weight excluding hydrogens is 387 g/mol. The summed E-state index contributed by atoms with van der Waals surface area (Å²) >= 11 is 0. The van der Waals surface area contributed by atoms with Crippen LogP contribution in [0.25, 0.3) is 0 Å². The Morgan fingerprint density at radius 1 is 1.13 bits per heavy atom. The molecular formula is C22H29FN4O3. The van der Waals surface area contributed by atoms with Crippen LogP contribution in [0.15, 0.2) is 24.3 Å². The smallest absolute Gasteiger partial charge is 0.236 e. The average molecular weight is 416 g/mol. The Morgan fingerprint density at radius 3 is 2.43 bits per heavy atom. The highest BCUT2D eigenvalue weighted by molar-refractivity contribution is 5.85. The van der Waals surface area contributed by atoms with Crippen molar-refractivity contribution in [3.8, 4) is 0 Å². The Kier molecular flexibility index (Phi) is 5.77. The van der Waals surface area contributed by atoms with Gasteiger partial charge < -0.3 is 16.0 Å².